The van der Waals surface area contributed by atoms with Crippen LogP contribution in [0.15, 0.2) is 22.7 Å². The fourth-order valence-electron chi connectivity index (χ4n) is 1.47. The highest BCUT2D eigenvalue weighted by atomic mass is 79.9. The molecule has 1 aromatic carbocycles. The molecular weight excluding hydrogens is 237 g/mol. The first-order chi connectivity index (χ1) is 5.38. The van der Waals surface area contributed by atoms with Crippen LogP contribution in [-0.2, 0) is 6.42 Å². The van der Waals surface area contributed by atoms with Crippen molar-refractivity contribution in [2.75, 3.05) is 11.9 Å². The first kappa shape index (κ1) is 9.87. The van der Waals surface area contributed by atoms with E-state index in [-0.39, 0.29) is 12.4 Å². The molecule has 0 spiro atoms. The van der Waals surface area contributed by atoms with Crippen molar-refractivity contribution in [2.24, 2.45) is 0 Å². The molecule has 0 unspecified atom stereocenters. The van der Waals surface area contributed by atoms with E-state index in [1.54, 1.807) is 0 Å². The first-order valence-corrected chi connectivity index (χ1v) is 4.68. The highest BCUT2D eigenvalue weighted by Gasteiger charge is 2.09. The van der Waals surface area contributed by atoms with Crippen LogP contribution in [0, 0.1) is 0 Å². The van der Waals surface area contributed by atoms with Gasteiger partial charge in [0.15, 0.2) is 0 Å². The van der Waals surface area contributed by atoms with Crippen molar-refractivity contribution in [2.45, 2.75) is 12.8 Å². The molecule has 66 valence electrons. The predicted octanol–water partition coefficient (Wildman–Crippen LogP) is 3.23. The molecule has 1 aromatic rings. The van der Waals surface area contributed by atoms with Gasteiger partial charge in [-0.1, -0.05) is 12.1 Å². The van der Waals surface area contributed by atoms with E-state index in [1.807, 2.05) is 0 Å². The summed E-state index contributed by atoms with van der Waals surface area (Å²) in [6, 6.07) is 6.36. The Morgan fingerprint density at radius 2 is 2.17 bits per heavy atom. The maximum absolute atomic E-state index is 3.52. The zero-order chi connectivity index (χ0) is 7.68. The van der Waals surface area contributed by atoms with Gasteiger partial charge in [-0.3, -0.25) is 0 Å². The molecule has 1 nitrogen and oxygen atoms in total. The SMILES string of the molecule is Brc1cccc2c1NCCC2.Cl. The Hall–Kier alpha value is -0.210. The molecule has 3 heteroatoms. The molecule has 0 amide bonds. The second-order valence-electron chi connectivity index (χ2n) is 2.80. The van der Waals surface area contributed by atoms with Gasteiger partial charge in [-0.25, -0.2) is 0 Å². The number of halogens is 2. The molecule has 12 heavy (non-hydrogen) atoms. The van der Waals surface area contributed by atoms with Crippen LogP contribution in [0.5, 0.6) is 0 Å². The quantitative estimate of drug-likeness (QED) is 0.743. The van der Waals surface area contributed by atoms with E-state index in [1.165, 1.54) is 28.6 Å². The molecule has 0 aromatic heterocycles. The van der Waals surface area contributed by atoms with E-state index in [9.17, 15) is 0 Å². The van der Waals surface area contributed by atoms with E-state index in [4.69, 9.17) is 0 Å². The lowest BCUT2D eigenvalue weighted by Gasteiger charge is -2.18. The molecular formula is C9H11BrClN. The number of anilines is 1. The minimum atomic E-state index is 0. The van der Waals surface area contributed by atoms with Crippen molar-refractivity contribution in [3.63, 3.8) is 0 Å². The van der Waals surface area contributed by atoms with Gasteiger partial charge in [-0.15, -0.1) is 12.4 Å². The summed E-state index contributed by atoms with van der Waals surface area (Å²) < 4.78 is 1.19. The van der Waals surface area contributed by atoms with Crippen molar-refractivity contribution in [3.05, 3.63) is 28.2 Å². The molecule has 1 N–H and O–H groups in total. The highest BCUT2D eigenvalue weighted by molar-refractivity contribution is 9.10. The third kappa shape index (κ3) is 1.75. The normalized spacial score (nSPS) is 14.1. The molecule has 0 saturated carbocycles. The second kappa shape index (κ2) is 4.15. The van der Waals surface area contributed by atoms with Gasteiger partial charge in [0.1, 0.15) is 0 Å². The van der Waals surface area contributed by atoms with Crippen LogP contribution in [0.2, 0.25) is 0 Å². The molecule has 0 bridgehead atoms. The number of hydrogen-bond donors (Lipinski definition) is 1. The minimum absolute atomic E-state index is 0. The van der Waals surface area contributed by atoms with Crippen molar-refractivity contribution in [1.82, 2.24) is 0 Å². The summed E-state index contributed by atoms with van der Waals surface area (Å²) in [6.45, 7) is 1.11. The number of benzene rings is 1. The summed E-state index contributed by atoms with van der Waals surface area (Å²) in [7, 11) is 0. The van der Waals surface area contributed by atoms with E-state index >= 15 is 0 Å². The maximum Gasteiger partial charge on any atom is 0.0517 e. The molecule has 0 aliphatic carbocycles. The van der Waals surface area contributed by atoms with Gasteiger partial charge in [0.2, 0.25) is 0 Å². The van der Waals surface area contributed by atoms with Gasteiger partial charge in [-0.2, -0.15) is 0 Å². The van der Waals surface area contributed by atoms with E-state index in [0.717, 1.165) is 6.54 Å². The van der Waals surface area contributed by atoms with Crippen molar-refractivity contribution in [3.8, 4) is 0 Å². The largest absolute Gasteiger partial charge is 0.384 e. The standard InChI is InChI=1S/C9H10BrN.ClH/c10-8-5-1-3-7-4-2-6-11-9(7)8;/h1,3,5,11H,2,4,6H2;1H. The Kier molecular flexibility index (Phi) is 3.41. The van der Waals surface area contributed by atoms with Gasteiger partial charge in [0.25, 0.3) is 0 Å². The number of para-hydroxylation sites is 1. The number of aryl methyl sites for hydroxylation is 1. The lowest BCUT2D eigenvalue weighted by Crippen LogP contribution is -2.11. The van der Waals surface area contributed by atoms with Crippen molar-refractivity contribution >= 4 is 34.0 Å². The zero-order valence-electron chi connectivity index (χ0n) is 6.64. The third-order valence-corrected chi connectivity index (χ3v) is 2.69. The predicted molar refractivity (Wildman–Crippen MR) is 58.2 cm³/mol. The van der Waals surface area contributed by atoms with Crippen molar-refractivity contribution in [1.29, 1.82) is 0 Å². The topological polar surface area (TPSA) is 12.0 Å². The minimum Gasteiger partial charge on any atom is -0.384 e. The monoisotopic (exact) mass is 247 g/mol. The van der Waals surface area contributed by atoms with E-state index in [0.29, 0.717) is 0 Å². The zero-order valence-corrected chi connectivity index (χ0v) is 9.04. The smallest absolute Gasteiger partial charge is 0.0517 e. The molecule has 1 heterocycles. The lowest BCUT2D eigenvalue weighted by atomic mass is 10.0. The highest BCUT2D eigenvalue weighted by Crippen LogP contribution is 2.29. The van der Waals surface area contributed by atoms with Crippen LogP contribution in [0.1, 0.15) is 12.0 Å². The Bertz CT molecular complexity index is 275. The summed E-state index contributed by atoms with van der Waals surface area (Å²) in [6.07, 6.45) is 2.46. The molecule has 0 atom stereocenters. The molecule has 1 aliphatic rings. The maximum atomic E-state index is 3.52. The van der Waals surface area contributed by atoms with Gasteiger partial charge < -0.3 is 5.32 Å². The number of hydrogen-bond acceptors (Lipinski definition) is 1. The lowest BCUT2D eigenvalue weighted by molar-refractivity contribution is 0.829. The average molecular weight is 249 g/mol. The Balaban J connectivity index is 0.000000720. The van der Waals surface area contributed by atoms with E-state index in [2.05, 4.69) is 39.4 Å². The van der Waals surface area contributed by atoms with Crippen LogP contribution >= 0.6 is 28.3 Å². The summed E-state index contributed by atoms with van der Waals surface area (Å²) >= 11 is 3.52. The fourth-order valence-corrected chi connectivity index (χ4v) is 2.01. The number of nitrogens with one attached hydrogen (secondary N) is 1. The van der Waals surface area contributed by atoms with Crippen LogP contribution in [0.3, 0.4) is 0 Å². The van der Waals surface area contributed by atoms with Crippen LogP contribution in [0.25, 0.3) is 0 Å². The van der Waals surface area contributed by atoms with Gasteiger partial charge in [0, 0.05) is 11.0 Å². The Morgan fingerprint density at radius 3 is 2.92 bits per heavy atom. The molecule has 0 saturated heterocycles. The number of fused-ring (bicyclic) bond motifs is 1. The van der Waals surface area contributed by atoms with Gasteiger partial charge >= 0.3 is 0 Å². The van der Waals surface area contributed by atoms with Crippen LogP contribution < -0.4 is 5.32 Å². The summed E-state index contributed by atoms with van der Waals surface area (Å²) in [4.78, 5) is 0. The third-order valence-electron chi connectivity index (χ3n) is 2.02. The molecule has 0 fully saturated rings. The fraction of sp³-hybridized carbons (Fsp3) is 0.333. The van der Waals surface area contributed by atoms with Crippen LogP contribution in [-0.4, -0.2) is 6.54 Å². The second-order valence-corrected chi connectivity index (χ2v) is 3.66. The summed E-state index contributed by atoms with van der Waals surface area (Å²) in [5, 5.41) is 3.38. The van der Waals surface area contributed by atoms with Gasteiger partial charge in [-0.05, 0) is 40.4 Å². The average Bonchev–Trinajstić information content (AvgIpc) is 2.06. The first-order valence-electron chi connectivity index (χ1n) is 3.89. The van der Waals surface area contributed by atoms with Crippen LogP contribution in [0.4, 0.5) is 5.69 Å². The molecule has 1 aliphatic heterocycles. The summed E-state index contributed by atoms with van der Waals surface area (Å²) in [5.41, 5.74) is 2.73. The molecule has 2 rings (SSSR count). The molecule has 0 radical (unpaired) electrons. The van der Waals surface area contributed by atoms with Gasteiger partial charge in [0.05, 0.1) is 5.69 Å². The van der Waals surface area contributed by atoms with Crippen molar-refractivity contribution < 1.29 is 0 Å². The van der Waals surface area contributed by atoms with E-state index < -0.39 is 0 Å². The Labute approximate surface area is 87.1 Å². The summed E-state index contributed by atoms with van der Waals surface area (Å²) in [5.74, 6) is 0. The number of rotatable bonds is 0. The Morgan fingerprint density at radius 1 is 1.33 bits per heavy atom.